The molecule has 0 aromatic heterocycles. The van der Waals surface area contributed by atoms with E-state index in [-0.39, 0.29) is 18.9 Å². The Hall–Kier alpha value is -3.15. The van der Waals surface area contributed by atoms with Gasteiger partial charge in [-0.25, -0.2) is 10.2 Å². The molecule has 2 aromatic carbocycles. The van der Waals surface area contributed by atoms with Crippen molar-refractivity contribution in [2.45, 2.75) is 6.42 Å². The number of rotatable bonds is 7. The maximum atomic E-state index is 11.7. The zero-order valence-electron chi connectivity index (χ0n) is 12.3. The number of amides is 1. The van der Waals surface area contributed by atoms with Gasteiger partial charge in [0.05, 0.1) is 12.6 Å². The molecule has 0 atom stereocenters. The van der Waals surface area contributed by atoms with Gasteiger partial charge in [0.2, 0.25) is 5.91 Å². The molecule has 6 heteroatoms. The van der Waals surface area contributed by atoms with Crippen molar-refractivity contribution in [1.82, 2.24) is 5.43 Å². The molecule has 6 nitrogen and oxygen atoms in total. The van der Waals surface area contributed by atoms with E-state index in [4.69, 9.17) is 9.84 Å². The standard InChI is InChI=1S/C17H16N2O4/c20-16(10-13-4-2-1-3-5-13)19-18-11-14-6-8-15(9-7-14)23-12-17(21)22/h1-9,11H,10,12H2,(H,19,20)(H,21,22). The molecule has 0 bridgehead atoms. The lowest BCUT2D eigenvalue weighted by Crippen LogP contribution is -2.19. The molecule has 0 unspecified atom stereocenters. The number of carboxylic acids is 1. The first-order chi connectivity index (χ1) is 11.1. The van der Waals surface area contributed by atoms with E-state index in [1.54, 1.807) is 24.3 Å². The third-order valence-electron chi connectivity index (χ3n) is 2.85. The second-order valence-electron chi connectivity index (χ2n) is 4.71. The van der Waals surface area contributed by atoms with Crippen molar-refractivity contribution in [3.63, 3.8) is 0 Å². The fourth-order valence-electron chi connectivity index (χ4n) is 1.79. The highest BCUT2D eigenvalue weighted by atomic mass is 16.5. The molecule has 0 spiro atoms. The highest BCUT2D eigenvalue weighted by Gasteiger charge is 2.01. The summed E-state index contributed by atoms with van der Waals surface area (Å²) in [5.41, 5.74) is 4.13. The average molecular weight is 312 g/mol. The van der Waals surface area contributed by atoms with Gasteiger partial charge in [0, 0.05) is 0 Å². The summed E-state index contributed by atoms with van der Waals surface area (Å²) in [5, 5.41) is 12.4. The average Bonchev–Trinajstić information content (AvgIpc) is 2.55. The number of hydrogen-bond donors (Lipinski definition) is 2. The summed E-state index contributed by atoms with van der Waals surface area (Å²) in [6, 6.07) is 16.1. The Morgan fingerprint density at radius 3 is 2.43 bits per heavy atom. The van der Waals surface area contributed by atoms with Crippen LogP contribution in [0.5, 0.6) is 5.75 Å². The van der Waals surface area contributed by atoms with Crippen LogP contribution >= 0.6 is 0 Å². The first-order valence-corrected chi connectivity index (χ1v) is 6.94. The maximum Gasteiger partial charge on any atom is 0.341 e. The van der Waals surface area contributed by atoms with Crippen LogP contribution in [0.1, 0.15) is 11.1 Å². The van der Waals surface area contributed by atoms with Crippen LogP contribution < -0.4 is 10.2 Å². The van der Waals surface area contributed by atoms with E-state index in [2.05, 4.69) is 10.5 Å². The summed E-state index contributed by atoms with van der Waals surface area (Å²) in [5.74, 6) is -0.775. The molecule has 0 aliphatic carbocycles. The number of hydrogen-bond acceptors (Lipinski definition) is 4. The first-order valence-electron chi connectivity index (χ1n) is 6.94. The number of carbonyl (C=O) groups excluding carboxylic acids is 1. The summed E-state index contributed by atoms with van der Waals surface area (Å²) < 4.78 is 5.02. The van der Waals surface area contributed by atoms with Crippen molar-refractivity contribution in [3.8, 4) is 5.75 Å². The van der Waals surface area contributed by atoms with Crippen LogP contribution in [0.3, 0.4) is 0 Å². The maximum absolute atomic E-state index is 11.7. The van der Waals surface area contributed by atoms with Crippen LogP contribution in [0.15, 0.2) is 59.7 Å². The number of carboxylic acid groups (broad SMARTS) is 1. The van der Waals surface area contributed by atoms with Crippen molar-refractivity contribution >= 4 is 18.1 Å². The SMILES string of the molecule is O=C(O)COc1ccc(C=NNC(=O)Cc2ccccc2)cc1. The highest BCUT2D eigenvalue weighted by Crippen LogP contribution is 2.10. The molecule has 0 heterocycles. The van der Waals surface area contributed by atoms with Gasteiger partial charge in [0.1, 0.15) is 5.75 Å². The molecule has 2 aromatic rings. The predicted molar refractivity (Wildman–Crippen MR) is 85.5 cm³/mol. The van der Waals surface area contributed by atoms with Crippen LogP contribution in [-0.2, 0) is 16.0 Å². The van der Waals surface area contributed by atoms with E-state index in [1.165, 1.54) is 6.21 Å². The van der Waals surface area contributed by atoms with Gasteiger partial charge in [-0.1, -0.05) is 30.3 Å². The van der Waals surface area contributed by atoms with E-state index in [9.17, 15) is 9.59 Å². The number of nitrogens with zero attached hydrogens (tertiary/aromatic N) is 1. The first kappa shape index (κ1) is 16.2. The van der Waals surface area contributed by atoms with E-state index >= 15 is 0 Å². The summed E-state index contributed by atoms with van der Waals surface area (Å²) in [4.78, 5) is 22.1. The van der Waals surface area contributed by atoms with Crippen molar-refractivity contribution in [2.24, 2.45) is 5.10 Å². The summed E-state index contributed by atoms with van der Waals surface area (Å²) in [6.45, 7) is -0.386. The molecular formula is C17H16N2O4. The van der Waals surface area contributed by atoms with Gasteiger partial charge in [-0.3, -0.25) is 4.79 Å². The summed E-state index contributed by atoms with van der Waals surface area (Å²) in [7, 11) is 0. The normalized spacial score (nSPS) is 10.4. The third-order valence-corrected chi connectivity index (χ3v) is 2.85. The summed E-state index contributed by atoms with van der Waals surface area (Å²) in [6.07, 6.45) is 1.77. The zero-order chi connectivity index (χ0) is 16.5. The molecule has 0 fully saturated rings. The lowest BCUT2D eigenvalue weighted by Gasteiger charge is -2.03. The highest BCUT2D eigenvalue weighted by molar-refractivity contribution is 5.83. The Balaban J connectivity index is 1.81. The third kappa shape index (κ3) is 6.01. The smallest absolute Gasteiger partial charge is 0.341 e. The monoisotopic (exact) mass is 312 g/mol. The molecule has 0 saturated carbocycles. The molecule has 118 valence electrons. The molecule has 2 N–H and O–H groups in total. The number of aliphatic carboxylic acids is 1. The molecule has 23 heavy (non-hydrogen) atoms. The van der Waals surface area contributed by atoms with Crippen molar-refractivity contribution < 1.29 is 19.4 Å². The van der Waals surface area contributed by atoms with Gasteiger partial charge in [-0.2, -0.15) is 5.10 Å². The van der Waals surface area contributed by atoms with Gasteiger partial charge in [0.25, 0.3) is 0 Å². The minimum atomic E-state index is -1.03. The van der Waals surface area contributed by atoms with Crippen molar-refractivity contribution in [1.29, 1.82) is 0 Å². The van der Waals surface area contributed by atoms with Gasteiger partial charge in [-0.05, 0) is 35.4 Å². The van der Waals surface area contributed by atoms with E-state index in [1.807, 2.05) is 30.3 Å². The number of benzene rings is 2. The molecule has 2 rings (SSSR count). The fraction of sp³-hybridized carbons (Fsp3) is 0.118. The van der Waals surface area contributed by atoms with Crippen molar-refractivity contribution in [3.05, 3.63) is 65.7 Å². The Bertz CT molecular complexity index is 681. The van der Waals surface area contributed by atoms with E-state index in [0.717, 1.165) is 11.1 Å². The van der Waals surface area contributed by atoms with Gasteiger partial charge in [-0.15, -0.1) is 0 Å². The van der Waals surface area contributed by atoms with Crippen LogP contribution in [0.2, 0.25) is 0 Å². The lowest BCUT2D eigenvalue weighted by molar-refractivity contribution is -0.139. The molecule has 1 amide bonds. The number of nitrogens with one attached hydrogen (secondary N) is 1. The topological polar surface area (TPSA) is 88.0 Å². The summed E-state index contributed by atoms with van der Waals surface area (Å²) >= 11 is 0. The minimum Gasteiger partial charge on any atom is -0.482 e. The van der Waals surface area contributed by atoms with Gasteiger partial charge < -0.3 is 9.84 Å². The second-order valence-corrected chi connectivity index (χ2v) is 4.71. The number of ether oxygens (including phenoxy) is 1. The van der Waals surface area contributed by atoms with Crippen LogP contribution in [0, 0.1) is 0 Å². The second kappa shape index (κ2) is 8.33. The lowest BCUT2D eigenvalue weighted by atomic mass is 10.1. The van der Waals surface area contributed by atoms with Crippen molar-refractivity contribution in [2.75, 3.05) is 6.61 Å². The zero-order valence-corrected chi connectivity index (χ0v) is 12.3. The fourth-order valence-corrected chi connectivity index (χ4v) is 1.79. The van der Waals surface area contributed by atoms with E-state index in [0.29, 0.717) is 5.75 Å². The predicted octanol–water partition coefficient (Wildman–Crippen LogP) is 1.84. The van der Waals surface area contributed by atoms with Crippen LogP contribution in [0.25, 0.3) is 0 Å². The molecule has 0 aliphatic heterocycles. The Morgan fingerprint density at radius 2 is 1.78 bits per heavy atom. The van der Waals surface area contributed by atoms with Gasteiger partial charge >= 0.3 is 5.97 Å². The molecule has 0 aliphatic rings. The van der Waals surface area contributed by atoms with Crippen LogP contribution in [-0.4, -0.2) is 29.8 Å². The Labute approximate surface area is 133 Å². The van der Waals surface area contributed by atoms with E-state index < -0.39 is 5.97 Å². The molecular weight excluding hydrogens is 296 g/mol. The Morgan fingerprint density at radius 1 is 1.09 bits per heavy atom. The minimum absolute atomic E-state index is 0.200. The molecule has 0 saturated heterocycles. The largest absolute Gasteiger partial charge is 0.482 e. The Kier molecular flexibility index (Phi) is 5.88. The molecule has 0 radical (unpaired) electrons. The number of carbonyl (C=O) groups is 2. The quantitative estimate of drug-likeness (QED) is 0.603. The van der Waals surface area contributed by atoms with Gasteiger partial charge in [0.15, 0.2) is 6.61 Å². The van der Waals surface area contributed by atoms with Crippen LogP contribution in [0.4, 0.5) is 0 Å². The number of hydrazone groups is 1.